The van der Waals surface area contributed by atoms with Gasteiger partial charge in [0.1, 0.15) is 18.3 Å². The fourth-order valence-electron chi connectivity index (χ4n) is 3.35. The normalized spacial score (nSPS) is 10.9. The van der Waals surface area contributed by atoms with Crippen LogP contribution in [-0.4, -0.2) is 35.5 Å². The number of aryl methyl sites for hydroxylation is 2. The third kappa shape index (κ3) is 15.9. The van der Waals surface area contributed by atoms with Gasteiger partial charge in [-0.1, -0.05) is 45.4 Å². The van der Waals surface area contributed by atoms with E-state index in [1.54, 1.807) is 0 Å². The first-order valence-electron chi connectivity index (χ1n) is 12.8. The lowest BCUT2D eigenvalue weighted by Gasteiger charge is -2.21. The molecule has 0 amide bonds. The van der Waals surface area contributed by atoms with Crippen molar-refractivity contribution in [1.29, 1.82) is 0 Å². The maximum absolute atomic E-state index is 12.2. The van der Waals surface area contributed by atoms with Gasteiger partial charge in [-0.25, -0.2) is 5.48 Å². The first-order valence-corrected chi connectivity index (χ1v) is 12.8. The van der Waals surface area contributed by atoms with Gasteiger partial charge in [-0.2, -0.15) is 13.2 Å². The molecule has 0 heterocycles. The molecule has 0 aromatic heterocycles. The fourth-order valence-corrected chi connectivity index (χ4v) is 3.35. The van der Waals surface area contributed by atoms with Crippen molar-refractivity contribution >= 4 is 23.9 Å². The molecule has 0 spiro atoms. The van der Waals surface area contributed by atoms with Gasteiger partial charge in [0.05, 0.1) is 11.3 Å². The smallest absolute Gasteiger partial charge is 0.418 e. The molecule has 216 valence electrons. The van der Waals surface area contributed by atoms with Gasteiger partial charge in [0.15, 0.2) is 0 Å². The van der Waals surface area contributed by atoms with E-state index >= 15 is 0 Å². The SMILES string of the molecule is CC.CC=O.CCc1ccccc1NC(CCCCC=O)CCNO.Cc1cc(O)c(N)c(C(F)(F)F)c1. The van der Waals surface area contributed by atoms with Gasteiger partial charge in [0, 0.05) is 24.7 Å². The van der Waals surface area contributed by atoms with Gasteiger partial charge < -0.3 is 31.0 Å². The third-order valence-electron chi connectivity index (χ3n) is 5.09. The number of hydrogen-bond donors (Lipinski definition) is 5. The minimum absolute atomic E-state index is 0.314. The number of anilines is 2. The van der Waals surface area contributed by atoms with Crippen LogP contribution in [0.25, 0.3) is 0 Å². The number of nitrogen functional groups attached to an aromatic ring is 1. The molecule has 0 fully saturated rings. The van der Waals surface area contributed by atoms with E-state index in [1.807, 2.05) is 19.9 Å². The molecule has 0 bridgehead atoms. The fraction of sp³-hybridized carbons (Fsp3) is 0.500. The van der Waals surface area contributed by atoms with E-state index in [1.165, 1.54) is 31.2 Å². The monoisotopic (exact) mass is 543 g/mol. The number of hydrogen-bond acceptors (Lipinski definition) is 7. The van der Waals surface area contributed by atoms with Gasteiger partial charge in [-0.3, -0.25) is 0 Å². The average molecular weight is 544 g/mol. The standard InChI is InChI=1S/C16H26N2O2.C8H8F3NO.C2H4O.C2H6/c1-2-14-8-5-6-10-16(14)18-15(11-12-17-20)9-4-3-7-13-19;1-4-2-5(8(9,10)11)7(12)6(13)3-4;1-2-3;1-2/h5-6,8,10,13,15,17-18,20H,2-4,7,9,11-12H2,1H3;2-3,13H,12H2,1H3;2H,1H3;1-2H3. The molecular formula is C28H44F3N3O4. The Kier molecular flexibility index (Phi) is 21.4. The number of nitrogens with two attached hydrogens (primary N) is 1. The number of phenols is 1. The Labute approximate surface area is 224 Å². The van der Waals surface area contributed by atoms with Crippen LogP contribution in [0.5, 0.6) is 5.75 Å². The van der Waals surface area contributed by atoms with Crippen molar-refractivity contribution in [3.8, 4) is 5.75 Å². The number of hydroxylamine groups is 1. The molecule has 10 heteroatoms. The molecule has 6 N–H and O–H groups in total. The first-order chi connectivity index (χ1) is 18.0. The number of phenolic OH excluding ortho intramolecular Hbond substituents is 1. The van der Waals surface area contributed by atoms with Gasteiger partial charge in [0.2, 0.25) is 0 Å². The maximum Gasteiger partial charge on any atom is 0.418 e. The number of carbonyl (C=O) groups excluding carboxylic acids is 2. The molecule has 38 heavy (non-hydrogen) atoms. The van der Waals surface area contributed by atoms with Crippen molar-refractivity contribution in [2.75, 3.05) is 17.6 Å². The summed E-state index contributed by atoms with van der Waals surface area (Å²) in [6.45, 7) is 9.61. The Morgan fingerprint density at radius 3 is 2.21 bits per heavy atom. The number of rotatable bonds is 11. The second-order valence-electron chi connectivity index (χ2n) is 7.98. The van der Waals surface area contributed by atoms with Crippen molar-refractivity contribution in [1.82, 2.24) is 5.48 Å². The van der Waals surface area contributed by atoms with Crippen molar-refractivity contribution in [2.24, 2.45) is 0 Å². The molecule has 7 nitrogen and oxygen atoms in total. The molecule has 2 aromatic carbocycles. The summed E-state index contributed by atoms with van der Waals surface area (Å²) >= 11 is 0. The summed E-state index contributed by atoms with van der Waals surface area (Å²) in [5, 5.41) is 21.4. The Hall–Kier alpha value is -3.11. The van der Waals surface area contributed by atoms with E-state index < -0.39 is 23.2 Å². The topological polar surface area (TPSA) is 125 Å². The van der Waals surface area contributed by atoms with E-state index in [4.69, 9.17) is 20.8 Å². The summed E-state index contributed by atoms with van der Waals surface area (Å²) in [6.07, 6.45) is 2.66. The lowest BCUT2D eigenvalue weighted by molar-refractivity contribution is -0.137. The van der Waals surface area contributed by atoms with Crippen molar-refractivity contribution in [3.63, 3.8) is 0 Å². The van der Waals surface area contributed by atoms with E-state index in [9.17, 15) is 18.0 Å². The largest absolute Gasteiger partial charge is 0.506 e. The predicted octanol–water partition coefficient (Wildman–Crippen LogP) is 6.69. The zero-order valence-corrected chi connectivity index (χ0v) is 23.1. The van der Waals surface area contributed by atoms with E-state index in [-0.39, 0.29) is 0 Å². The molecular weight excluding hydrogens is 499 g/mol. The van der Waals surface area contributed by atoms with Crippen LogP contribution >= 0.6 is 0 Å². The highest BCUT2D eigenvalue weighted by molar-refractivity contribution is 5.60. The van der Waals surface area contributed by atoms with Gasteiger partial charge in [0.25, 0.3) is 0 Å². The summed E-state index contributed by atoms with van der Waals surface area (Å²) in [5.74, 6) is -0.535. The Bertz CT molecular complexity index is 909. The minimum Gasteiger partial charge on any atom is -0.506 e. The molecule has 0 aliphatic heterocycles. The summed E-state index contributed by atoms with van der Waals surface area (Å²) in [5.41, 5.74) is 8.46. The second kappa shape index (κ2) is 21.9. The highest BCUT2D eigenvalue weighted by atomic mass is 19.4. The van der Waals surface area contributed by atoms with Crippen LogP contribution in [0.2, 0.25) is 0 Å². The zero-order chi connectivity index (χ0) is 29.6. The molecule has 2 rings (SSSR count). The number of benzene rings is 2. The predicted molar refractivity (Wildman–Crippen MR) is 148 cm³/mol. The number of nitrogens with one attached hydrogen (secondary N) is 2. The van der Waals surface area contributed by atoms with E-state index in [0.717, 1.165) is 50.7 Å². The molecule has 2 aromatic rings. The van der Waals surface area contributed by atoms with E-state index in [0.29, 0.717) is 24.6 Å². The molecule has 1 atom stereocenters. The lowest BCUT2D eigenvalue weighted by atomic mass is 10.0. The maximum atomic E-state index is 12.2. The highest BCUT2D eigenvalue weighted by Gasteiger charge is 2.34. The first kappa shape index (κ1) is 37.0. The minimum atomic E-state index is -4.52. The van der Waals surface area contributed by atoms with Crippen LogP contribution in [0.15, 0.2) is 36.4 Å². The van der Waals surface area contributed by atoms with Gasteiger partial charge in [-0.05, 0) is 68.9 Å². The van der Waals surface area contributed by atoms with Crippen LogP contribution in [0.4, 0.5) is 24.5 Å². The molecule has 1 unspecified atom stereocenters. The third-order valence-corrected chi connectivity index (χ3v) is 5.09. The number of aromatic hydroxyl groups is 1. The van der Waals surface area contributed by atoms with E-state index in [2.05, 4.69) is 35.9 Å². The Morgan fingerprint density at radius 1 is 1.08 bits per heavy atom. The molecule has 0 radical (unpaired) electrons. The number of halogens is 3. The van der Waals surface area contributed by atoms with Crippen LogP contribution in [0, 0.1) is 6.92 Å². The summed E-state index contributed by atoms with van der Waals surface area (Å²) in [6, 6.07) is 10.7. The number of aldehydes is 2. The van der Waals surface area contributed by atoms with Gasteiger partial charge >= 0.3 is 6.18 Å². The van der Waals surface area contributed by atoms with Crippen molar-refractivity contribution in [2.45, 2.75) is 85.4 Å². The van der Waals surface area contributed by atoms with Crippen molar-refractivity contribution in [3.05, 3.63) is 53.1 Å². The zero-order valence-electron chi connectivity index (χ0n) is 23.1. The molecule has 0 saturated carbocycles. The lowest BCUT2D eigenvalue weighted by Crippen LogP contribution is -2.25. The van der Waals surface area contributed by atoms with Crippen LogP contribution in [-0.2, 0) is 22.2 Å². The van der Waals surface area contributed by atoms with Gasteiger partial charge in [-0.15, -0.1) is 0 Å². The number of unbranched alkanes of at least 4 members (excludes halogenated alkanes) is 2. The second-order valence-corrected chi connectivity index (χ2v) is 7.98. The molecule has 0 saturated heterocycles. The van der Waals surface area contributed by atoms with Crippen LogP contribution in [0.1, 0.15) is 76.5 Å². The quantitative estimate of drug-likeness (QED) is 0.0703. The summed E-state index contributed by atoms with van der Waals surface area (Å²) in [7, 11) is 0. The van der Waals surface area contributed by atoms with Crippen LogP contribution in [0.3, 0.4) is 0 Å². The number of alkyl halides is 3. The average Bonchev–Trinajstić information content (AvgIpc) is 2.88. The Balaban J connectivity index is 0. The number of para-hydroxylation sites is 1. The van der Waals surface area contributed by atoms with Crippen molar-refractivity contribution < 1.29 is 33.1 Å². The molecule has 0 aliphatic rings. The highest BCUT2D eigenvalue weighted by Crippen LogP contribution is 2.38. The molecule has 0 aliphatic carbocycles. The van der Waals surface area contributed by atoms with Crippen LogP contribution < -0.4 is 16.5 Å². The Morgan fingerprint density at radius 2 is 1.68 bits per heavy atom. The number of carbonyl (C=O) groups is 2. The summed E-state index contributed by atoms with van der Waals surface area (Å²) < 4.78 is 36.7. The summed E-state index contributed by atoms with van der Waals surface area (Å²) in [4.78, 5) is 19.1.